The lowest BCUT2D eigenvalue weighted by Gasteiger charge is -2.32. The van der Waals surface area contributed by atoms with Gasteiger partial charge in [0.15, 0.2) is 0 Å². The third-order valence-corrected chi connectivity index (χ3v) is 7.77. The SMILES string of the molecule is CC.CNO.C[C@@H](Nc1ncnc2[nH]c(-c3ccc(CN4CCC(NCCCCCC=O)CC4)cc3)cc12)c1ccccc1. The number of hydroxylamine groups is 1. The molecule has 1 atom stereocenters. The average molecular weight is 602 g/mol. The molecule has 4 aromatic rings. The van der Waals surface area contributed by atoms with Crippen LogP contribution in [0.3, 0.4) is 0 Å². The number of hydrogen-bond donors (Lipinski definition) is 5. The highest BCUT2D eigenvalue weighted by Crippen LogP contribution is 2.29. The highest BCUT2D eigenvalue weighted by atomic mass is 16.5. The van der Waals surface area contributed by atoms with Gasteiger partial charge in [0.2, 0.25) is 0 Å². The fraction of sp³-hybridized carbons (Fsp3) is 0.457. The monoisotopic (exact) mass is 601 g/mol. The Morgan fingerprint density at radius 2 is 1.73 bits per heavy atom. The smallest absolute Gasteiger partial charge is 0.143 e. The third kappa shape index (κ3) is 10.8. The Hall–Kier alpha value is -3.63. The number of rotatable bonds is 13. The molecule has 1 aliphatic heterocycles. The number of H-pyrrole nitrogens is 1. The van der Waals surface area contributed by atoms with Gasteiger partial charge < -0.3 is 25.6 Å². The minimum Gasteiger partial charge on any atom is -0.363 e. The lowest BCUT2D eigenvalue weighted by molar-refractivity contribution is -0.107. The summed E-state index contributed by atoms with van der Waals surface area (Å²) in [7, 11) is 1.43. The summed E-state index contributed by atoms with van der Waals surface area (Å²) in [6.07, 6.45) is 9.04. The van der Waals surface area contributed by atoms with Crippen molar-refractivity contribution in [2.24, 2.45) is 0 Å². The van der Waals surface area contributed by atoms with Crippen LogP contribution in [-0.2, 0) is 11.3 Å². The number of nitrogens with zero attached hydrogens (tertiary/aromatic N) is 3. The van der Waals surface area contributed by atoms with Gasteiger partial charge in [0, 0.05) is 37.8 Å². The number of hydrogen-bond acceptors (Lipinski definition) is 8. The van der Waals surface area contributed by atoms with Crippen LogP contribution in [0.4, 0.5) is 5.82 Å². The number of aromatic nitrogens is 3. The molecule has 0 aliphatic carbocycles. The molecule has 0 spiro atoms. The summed E-state index contributed by atoms with van der Waals surface area (Å²) in [5.74, 6) is 0.839. The Morgan fingerprint density at radius 3 is 2.41 bits per heavy atom. The van der Waals surface area contributed by atoms with E-state index in [0.29, 0.717) is 12.5 Å². The van der Waals surface area contributed by atoms with Crippen molar-refractivity contribution >= 4 is 23.1 Å². The van der Waals surface area contributed by atoms with Crippen molar-refractivity contribution in [1.29, 1.82) is 0 Å². The first-order valence-electron chi connectivity index (χ1n) is 16.1. The first kappa shape index (κ1) is 34.9. The summed E-state index contributed by atoms with van der Waals surface area (Å²) in [4.78, 5) is 25.5. The van der Waals surface area contributed by atoms with Gasteiger partial charge in [-0.2, -0.15) is 0 Å². The maximum Gasteiger partial charge on any atom is 0.143 e. The number of nitrogens with one attached hydrogen (secondary N) is 4. The van der Waals surface area contributed by atoms with Crippen molar-refractivity contribution in [2.45, 2.75) is 77.9 Å². The third-order valence-electron chi connectivity index (χ3n) is 7.77. The molecule has 0 unspecified atom stereocenters. The van der Waals surface area contributed by atoms with Gasteiger partial charge in [-0.1, -0.05) is 74.9 Å². The van der Waals surface area contributed by atoms with Crippen molar-refractivity contribution < 1.29 is 10.0 Å². The average Bonchev–Trinajstić information content (AvgIpc) is 3.51. The number of aromatic amines is 1. The van der Waals surface area contributed by atoms with Crippen molar-refractivity contribution in [3.63, 3.8) is 0 Å². The van der Waals surface area contributed by atoms with Crippen LogP contribution >= 0.6 is 0 Å². The molecule has 0 saturated carbocycles. The number of piperidine rings is 1. The molecule has 3 heterocycles. The Morgan fingerprint density at radius 1 is 1.02 bits per heavy atom. The largest absolute Gasteiger partial charge is 0.363 e. The molecule has 0 bridgehead atoms. The Balaban J connectivity index is 0.000000997. The summed E-state index contributed by atoms with van der Waals surface area (Å²) in [6.45, 7) is 10.5. The molecule has 1 saturated heterocycles. The zero-order chi connectivity index (χ0) is 31.6. The molecule has 1 fully saturated rings. The second kappa shape index (κ2) is 19.6. The number of anilines is 1. The number of carbonyl (C=O) groups is 1. The van der Waals surface area contributed by atoms with Crippen LogP contribution in [0.2, 0.25) is 0 Å². The predicted molar refractivity (Wildman–Crippen MR) is 181 cm³/mol. The van der Waals surface area contributed by atoms with E-state index in [1.807, 2.05) is 19.9 Å². The summed E-state index contributed by atoms with van der Waals surface area (Å²) >= 11 is 0. The van der Waals surface area contributed by atoms with Crippen LogP contribution in [0.1, 0.15) is 76.5 Å². The number of likely N-dealkylation sites (tertiary alicyclic amines) is 1. The van der Waals surface area contributed by atoms with E-state index in [1.165, 1.54) is 31.0 Å². The minimum atomic E-state index is 0.141. The standard InChI is InChI=1S/C32H40N6O.C2H6.CH5NO/c1-24(26-9-5-4-6-10-26)36-31-29-21-30(37-32(29)35-23-34-31)27-13-11-25(12-14-27)22-38-18-15-28(16-19-38)33-17-7-2-3-8-20-39;1-2;1-2-3/h4-6,9-14,20-21,23-24,28,33H,2-3,7-8,15-19,22H2,1H3,(H2,34,35,36,37);1-2H3;2-3H,1H3/t24-;;/m1../s1. The van der Waals surface area contributed by atoms with Crippen molar-refractivity contribution in [3.05, 3.63) is 78.1 Å². The lowest BCUT2D eigenvalue weighted by Crippen LogP contribution is -2.42. The minimum absolute atomic E-state index is 0.141. The number of unbranched alkanes of at least 4 members (excludes halogenated alkanes) is 3. The maximum absolute atomic E-state index is 10.4. The Kier molecular flexibility index (Phi) is 15.5. The second-order valence-electron chi connectivity index (χ2n) is 10.9. The second-order valence-corrected chi connectivity index (χ2v) is 10.9. The summed E-state index contributed by atoms with van der Waals surface area (Å²) in [5.41, 5.74) is 7.35. The van der Waals surface area contributed by atoms with E-state index in [2.05, 4.69) is 92.0 Å². The molecular weight excluding hydrogens is 550 g/mol. The van der Waals surface area contributed by atoms with Crippen LogP contribution in [0, 0.1) is 0 Å². The van der Waals surface area contributed by atoms with Gasteiger partial charge in [-0.3, -0.25) is 4.90 Å². The van der Waals surface area contributed by atoms with E-state index in [1.54, 1.807) is 11.8 Å². The van der Waals surface area contributed by atoms with E-state index in [-0.39, 0.29) is 6.04 Å². The maximum atomic E-state index is 10.4. The fourth-order valence-corrected chi connectivity index (χ4v) is 5.42. The molecule has 5 N–H and O–H groups in total. The molecule has 44 heavy (non-hydrogen) atoms. The van der Waals surface area contributed by atoms with Crippen LogP contribution in [0.25, 0.3) is 22.3 Å². The van der Waals surface area contributed by atoms with Gasteiger partial charge in [0.25, 0.3) is 0 Å². The van der Waals surface area contributed by atoms with Gasteiger partial charge in [0.05, 0.1) is 5.39 Å². The molecule has 5 rings (SSSR count). The van der Waals surface area contributed by atoms with Gasteiger partial charge in [-0.25, -0.2) is 15.4 Å². The summed E-state index contributed by atoms with van der Waals surface area (Å²) in [5, 5.41) is 15.6. The Bertz CT molecular complexity index is 1340. The molecule has 1 aliphatic rings. The topological polar surface area (TPSA) is 118 Å². The molecule has 0 radical (unpaired) electrons. The quantitative estimate of drug-likeness (QED) is 0.0650. The lowest BCUT2D eigenvalue weighted by atomic mass is 10.0. The van der Waals surface area contributed by atoms with Crippen molar-refractivity contribution in [1.82, 2.24) is 30.6 Å². The number of carbonyl (C=O) groups excluding carboxylic acids is 1. The van der Waals surface area contributed by atoms with Crippen LogP contribution < -0.4 is 16.1 Å². The molecule has 0 amide bonds. The highest BCUT2D eigenvalue weighted by Gasteiger charge is 2.19. The van der Waals surface area contributed by atoms with Gasteiger partial charge in [-0.05, 0) is 75.0 Å². The van der Waals surface area contributed by atoms with E-state index >= 15 is 0 Å². The first-order valence-corrected chi connectivity index (χ1v) is 16.1. The van der Waals surface area contributed by atoms with E-state index in [0.717, 1.165) is 79.8 Å². The van der Waals surface area contributed by atoms with Crippen molar-refractivity contribution in [2.75, 3.05) is 32.0 Å². The van der Waals surface area contributed by atoms with Gasteiger partial charge in [-0.15, -0.1) is 0 Å². The number of aldehydes is 1. The molecule has 238 valence electrons. The summed E-state index contributed by atoms with van der Waals surface area (Å²) < 4.78 is 0. The van der Waals surface area contributed by atoms with E-state index in [9.17, 15) is 4.79 Å². The molecule has 9 heteroatoms. The van der Waals surface area contributed by atoms with Gasteiger partial charge >= 0.3 is 0 Å². The zero-order valence-corrected chi connectivity index (χ0v) is 26.9. The molecular formula is C35H51N7O2. The number of benzene rings is 2. The van der Waals surface area contributed by atoms with Gasteiger partial charge in [0.1, 0.15) is 24.1 Å². The Labute approximate surface area is 262 Å². The fourth-order valence-electron chi connectivity index (χ4n) is 5.42. The van der Waals surface area contributed by atoms with Crippen LogP contribution in [-0.4, -0.2) is 64.1 Å². The van der Waals surface area contributed by atoms with Crippen molar-refractivity contribution in [3.8, 4) is 11.3 Å². The van der Waals surface area contributed by atoms with E-state index in [4.69, 9.17) is 5.21 Å². The van der Waals surface area contributed by atoms with Crippen LogP contribution in [0.15, 0.2) is 67.0 Å². The van der Waals surface area contributed by atoms with Crippen LogP contribution in [0.5, 0.6) is 0 Å². The normalized spacial score (nSPS) is 14.2. The zero-order valence-electron chi connectivity index (χ0n) is 26.9. The molecule has 2 aromatic heterocycles. The molecule has 2 aromatic carbocycles. The van der Waals surface area contributed by atoms with E-state index < -0.39 is 0 Å². The summed E-state index contributed by atoms with van der Waals surface area (Å²) in [6, 6.07) is 22.2. The number of fused-ring (bicyclic) bond motifs is 1. The highest BCUT2D eigenvalue weighted by molar-refractivity contribution is 5.91. The molecule has 9 nitrogen and oxygen atoms in total. The predicted octanol–water partition coefficient (Wildman–Crippen LogP) is 6.73. The first-order chi connectivity index (χ1) is 21.6.